The summed E-state index contributed by atoms with van der Waals surface area (Å²) in [6.07, 6.45) is 4.27. The van der Waals surface area contributed by atoms with Crippen molar-refractivity contribution in [2.45, 2.75) is 46.6 Å². The van der Waals surface area contributed by atoms with Crippen LogP contribution < -0.4 is 10.6 Å². The van der Waals surface area contributed by atoms with Gasteiger partial charge in [-0.3, -0.25) is 14.9 Å². The van der Waals surface area contributed by atoms with E-state index in [0.717, 1.165) is 12.0 Å². The molecule has 0 radical (unpaired) electrons. The number of fused-ring (bicyclic) bond motifs is 1. The third kappa shape index (κ3) is 5.31. The number of benzene rings is 1. The molecule has 8 heteroatoms. The number of nitrogens with zero attached hydrogens (tertiary/aromatic N) is 3. The average Bonchev–Trinajstić information content (AvgIpc) is 3.16. The van der Waals surface area contributed by atoms with Crippen LogP contribution in [0.5, 0.6) is 0 Å². The van der Waals surface area contributed by atoms with Crippen molar-refractivity contribution in [3.63, 3.8) is 0 Å². The summed E-state index contributed by atoms with van der Waals surface area (Å²) < 4.78 is 7.21. The van der Waals surface area contributed by atoms with Gasteiger partial charge in [-0.2, -0.15) is 4.98 Å². The second-order valence-electron chi connectivity index (χ2n) is 8.47. The SMILES string of the molecule is CCOCCNC(=O)c1cn(C(C)(C)C)c2nc(NC(=O)c3ccc(CC)cc3)ncc12. The van der Waals surface area contributed by atoms with Crippen LogP contribution in [-0.4, -0.2) is 46.1 Å². The molecule has 2 heterocycles. The fourth-order valence-corrected chi connectivity index (χ4v) is 3.30. The summed E-state index contributed by atoms with van der Waals surface area (Å²) in [4.78, 5) is 34.3. The molecule has 0 spiro atoms. The van der Waals surface area contributed by atoms with Gasteiger partial charge in [0, 0.05) is 36.6 Å². The quantitative estimate of drug-likeness (QED) is 0.523. The molecule has 2 N–H and O–H groups in total. The van der Waals surface area contributed by atoms with Crippen molar-refractivity contribution >= 4 is 28.8 Å². The summed E-state index contributed by atoms with van der Waals surface area (Å²) in [6, 6.07) is 7.44. The molecule has 2 amide bonds. The van der Waals surface area contributed by atoms with Gasteiger partial charge in [0.1, 0.15) is 5.65 Å². The minimum Gasteiger partial charge on any atom is -0.380 e. The summed E-state index contributed by atoms with van der Waals surface area (Å²) in [5, 5.41) is 6.25. The molecule has 0 atom stereocenters. The number of hydrogen-bond acceptors (Lipinski definition) is 5. The Morgan fingerprint density at radius 3 is 2.44 bits per heavy atom. The van der Waals surface area contributed by atoms with Gasteiger partial charge in [0.2, 0.25) is 5.95 Å². The van der Waals surface area contributed by atoms with E-state index in [1.807, 2.05) is 44.4 Å². The number of amides is 2. The molecule has 8 nitrogen and oxygen atoms in total. The van der Waals surface area contributed by atoms with Crippen molar-refractivity contribution in [1.29, 1.82) is 0 Å². The van der Waals surface area contributed by atoms with E-state index < -0.39 is 0 Å². The highest BCUT2D eigenvalue weighted by atomic mass is 16.5. The molecule has 3 rings (SSSR count). The first-order valence-electron chi connectivity index (χ1n) is 10.9. The van der Waals surface area contributed by atoms with Gasteiger partial charge in [0.25, 0.3) is 11.8 Å². The Hall–Kier alpha value is -3.26. The first kappa shape index (κ1) is 23.4. The lowest BCUT2D eigenvalue weighted by Crippen LogP contribution is -2.27. The number of hydrogen-bond donors (Lipinski definition) is 2. The molecule has 0 unspecified atom stereocenters. The number of carbonyl (C=O) groups excluding carboxylic acids is 2. The summed E-state index contributed by atoms with van der Waals surface area (Å²) in [6.45, 7) is 11.5. The highest BCUT2D eigenvalue weighted by Crippen LogP contribution is 2.27. The number of aryl methyl sites for hydroxylation is 1. The van der Waals surface area contributed by atoms with Crippen LogP contribution in [0.2, 0.25) is 0 Å². The molecule has 0 aliphatic heterocycles. The van der Waals surface area contributed by atoms with Gasteiger partial charge in [0.05, 0.1) is 17.6 Å². The Labute approximate surface area is 188 Å². The molecule has 0 saturated heterocycles. The van der Waals surface area contributed by atoms with Crippen molar-refractivity contribution in [3.05, 3.63) is 53.3 Å². The van der Waals surface area contributed by atoms with E-state index in [1.165, 1.54) is 0 Å². The summed E-state index contributed by atoms with van der Waals surface area (Å²) in [5.74, 6) is -0.308. The van der Waals surface area contributed by atoms with E-state index in [4.69, 9.17) is 4.74 Å². The standard InChI is InChI=1S/C24H31N5O3/c1-6-16-8-10-17(11-9-16)21(30)28-23-26-14-18-19(22(31)25-12-13-32-7-2)15-29(20(18)27-23)24(3,4)5/h8-11,14-15H,6-7,12-13H2,1-5H3,(H,25,31)(H,26,27,28,30). The number of carbonyl (C=O) groups is 2. The normalized spacial score (nSPS) is 11.5. The Kier molecular flexibility index (Phi) is 7.25. The van der Waals surface area contributed by atoms with E-state index in [2.05, 4.69) is 27.5 Å². The van der Waals surface area contributed by atoms with Crippen molar-refractivity contribution in [1.82, 2.24) is 19.9 Å². The fourth-order valence-electron chi connectivity index (χ4n) is 3.30. The predicted molar refractivity (Wildman–Crippen MR) is 125 cm³/mol. The zero-order valence-corrected chi connectivity index (χ0v) is 19.4. The third-order valence-electron chi connectivity index (χ3n) is 5.10. The van der Waals surface area contributed by atoms with E-state index in [9.17, 15) is 9.59 Å². The van der Waals surface area contributed by atoms with E-state index >= 15 is 0 Å². The van der Waals surface area contributed by atoms with Crippen LogP contribution in [0.1, 0.15) is 60.9 Å². The molecule has 0 aliphatic rings. The van der Waals surface area contributed by atoms with Crippen LogP contribution in [0.3, 0.4) is 0 Å². The van der Waals surface area contributed by atoms with Gasteiger partial charge in [-0.1, -0.05) is 19.1 Å². The van der Waals surface area contributed by atoms with Gasteiger partial charge >= 0.3 is 0 Å². The van der Waals surface area contributed by atoms with Crippen molar-refractivity contribution in [2.75, 3.05) is 25.1 Å². The molecule has 0 aliphatic carbocycles. The maximum atomic E-state index is 12.8. The highest BCUT2D eigenvalue weighted by molar-refractivity contribution is 6.07. The van der Waals surface area contributed by atoms with Crippen LogP contribution >= 0.6 is 0 Å². The number of nitrogens with one attached hydrogen (secondary N) is 2. The van der Waals surface area contributed by atoms with Gasteiger partial charge in [0.15, 0.2) is 0 Å². The number of aromatic nitrogens is 3. The zero-order chi connectivity index (χ0) is 23.3. The van der Waals surface area contributed by atoms with Gasteiger partial charge in [-0.05, 0) is 51.8 Å². The first-order chi connectivity index (χ1) is 15.2. The smallest absolute Gasteiger partial charge is 0.258 e. The van der Waals surface area contributed by atoms with Crippen molar-refractivity contribution < 1.29 is 14.3 Å². The minimum absolute atomic E-state index is 0.189. The third-order valence-corrected chi connectivity index (χ3v) is 5.10. The Balaban J connectivity index is 1.89. The second kappa shape index (κ2) is 9.91. The summed E-state index contributed by atoms with van der Waals surface area (Å²) >= 11 is 0. The number of rotatable bonds is 8. The molecule has 32 heavy (non-hydrogen) atoms. The topological polar surface area (TPSA) is 98.1 Å². The Morgan fingerprint density at radius 1 is 1.09 bits per heavy atom. The van der Waals surface area contributed by atoms with Crippen LogP contribution in [0.15, 0.2) is 36.7 Å². The zero-order valence-electron chi connectivity index (χ0n) is 19.4. The minimum atomic E-state index is -0.326. The Morgan fingerprint density at radius 2 is 1.81 bits per heavy atom. The molecule has 170 valence electrons. The molecule has 1 aromatic carbocycles. The molecular weight excluding hydrogens is 406 g/mol. The summed E-state index contributed by atoms with van der Waals surface area (Å²) in [5.41, 5.74) is 2.44. The van der Waals surface area contributed by atoms with Crippen LogP contribution in [-0.2, 0) is 16.7 Å². The van der Waals surface area contributed by atoms with Gasteiger partial charge in [-0.25, -0.2) is 4.98 Å². The predicted octanol–water partition coefficient (Wildman–Crippen LogP) is 3.77. The van der Waals surface area contributed by atoms with Gasteiger partial charge in [-0.15, -0.1) is 0 Å². The first-order valence-corrected chi connectivity index (χ1v) is 10.9. The molecular formula is C24H31N5O3. The largest absolute Gasteiger partial charge is 0.380 e. The molecule has 0 fully saturated rings. The van der Waals surface area contributed by atoms with E-state index in [1.54, 1.807) is 24.5 Å². The van der Waals surface area contributed by atoms with Crippen LogP contribution in [0.4, 0.5) is 5.95 Å². The highest BCUT2D eigenvalue weighted by Gasteiger charge is 2.23. The summed E-state index contributed by atoms with van der Waals surface area (Å²) in [7, 11) is 0. The Bertz CT molecular complexity index is 1100. The molecule has 3 aromatic rings. The number of ether oxygens (including phenoxy) is 1. The van der Waals surface area contributed by atoms with E-state index in [-0.39, 0.29) is 23.3 Å². The molecule has 2 aromatic heterocycles. The monoisotopic (exact) mass is 437 g/mol. The number of anilines is 1. The van der Waals surface area contributed by atoms with Crippen LogP contribution in [0, 0.1) is 0 Å². The van der Waals surface area contributed by atoms with Gasteiger partial charge < -0.3 is 14.6 Å². The van der Waals surface area contributed by atoms with Crippen molar-refractivity contribution in [3.8, 4) is 0 Å². The lowest BCUT2D eigenvalue weighted by molar-refractivity contribution is 0.0923. The fraction of sp³-hybridized carbons (Fsp3) is 0.417. The lowest BCUT2D eigenvalue weighted by Gasteiger charge is -2.22. The maximum absolute atomic E-state index is 12.8. The maximum Gasteiger partial charge on any atom is 0.258 e. The molecule has 0 bridgehead atoms. The van der Waals surface area contributed by atoms with Crippen molar-refractivity contribution in [2.24, 2.45) is 0 Å². The average molecular weight is 438 g/mol. The van der Waals surface area contributed by atoms with Crippen LogP contribution in [0.25, 0.3) is 11.0 Å². The van der Waals surface area contributed by atoms with E-state index in [0.29, 0.717) is 41.9 Å². The lowest BCUT2D eigenvalue weighted by atomic mass is 10.1. The second-order valence-corrected chi connectivity index (χ2v) is 8.47. The molecule has 0 saturated carbocycles.